The molecule has 2 aliphatic carbocycles. The first kappa shape index (κ1) is 13.6. The minimum absolute atomic E-state index is 0.130. The van der Waals surface area contributed by atoms with Crippen LogP contribution in [0.5, 0.6) is 0 Å². The second kappa shape index (κ2) is 5.27. The number of aromatic nitrogens is 1. The van der Waals surface area contributed by atoms with Crippen LogP contribution in [0.1, 0.15) is 41.8 Å². The first-order chi connectivity index (χ1) is 10.7. The maximum Gasteiger partial charge on any atom is 0.290 e. The van der Waals surface area contributed by atoms with E-state index in [1.165, 1.54) is 31.2 Å². The molecule has 0 atom stereocenters. The van der Waals surface area contributed by atoms with E-state index in [0.717, 1.165) is 5.56 Å². The fourth-order valence-electron chi connectivity index (χ4n) is 3.00. The largest absolute Gasteiger partial charge is 0.350 e. The average Bonchev–Trinajstić information content (AvgIpc) is 3.44. The van der Waals surface area contributed by atoms with Crippen LogP contribution in [0.2, 0.25) is 0 Å². The molecule has 1 aromatic heterocycles. The highest BCUT2D eigenvalue weighted by Crippen LogP contribution is 2.44. The third-order valence-electron chi connectivity index (χ3n) is 4.64. The van der Waals surface area contributed by atoms with Crippen molar-refractivity contribution in [3.63, 3.8) is 0 Å². The Morgan fingerprint density at radius 1 is 1.18 bits per heavy atom. The van der Waals surface area contributed by atoms with E-state index >= 15 is 0 Å². The molecule has 4 heteroatoms. The maximum absolute atomic E-state index is 12.4. The molecule has 1 aromatic carbocycles. The van der Waals surface area contributed by atoms with Gasteiger partial charge in [0.25, 0.3) is 5.91 Å². The van der Waals surface area contributed by atoms with Crippen molar-refractivity contribution in [3.8, 4) is 11.3 Å². The summed E-state index contributed by atoms with van der Waals surface area (Å²) in [7, 11) is 0. The molecule has 0 aliphatic heterocycles. The van der Waals surface area contributed by atoms with E-state index in [4.69, 9.17) is 4.52 Å². The van der Waals surface area contributed by atoms with Crippen LogP contribution < -0.4 is 5.32 Å². The lowest BCUT2D eigenvalue weighted by molar-refractivity contribution is 0.0889. The highest BCUT2D eigenvalue weighted by molar-refractivity contribution is 5.92. The molecular weight excluding hydrogens is 276 g/mol. The number of carbonyl (C=O) groups excluding carboxylic acids is 1. The van der Waals surface area contributed by atoms with E-state index in [2.05, 4.69) is 10.5 Å². The molecule has 2 fully saturated rings. The molecule has 2 aromatic rings. The molecule has 2 saturated carbocycles. The van der Waals surface area contributed by atoms with Gasteiger partial charge >= 0.3 is 0 Å². The summed E-state index contributed by atoms with van der Waals surface area (Å²) >= 11 is 0. The zero-order chi connectivity index (χ0) is 15.1. The highest BCUT2D eigenvalue weighted by Gasteiger charge is 2.42. The van der Waals surface area contributed by atoms with Crippen LogP contribution in [0.3, 0.4) is 0 Å². The maximum atomic E-state index is 12.4. The Labute approximate surface area is 129 Å². The van der Waals surface area contributed by atoms with Gasteiger partial charge in [0.15, 0.2) is 0 Å². The van der Waals surface area contributed by atoms with Crippen molar-refractivity contribution in [2.45, 2.75) is 38.6 Å². The van der Waals surface area contributed by atoms with Crippen molar-refractivity contribution in [2.24, 2.45) is 11.8 Å². The van der Waals surface area contributed by atoms with E-state index in [1.807, 2.05) is 31.2 Å². The molecule has 22 heavy (non-hydrogen) atoms. The zero-order valence-corrected chi connectivity index (χ0v) is 12.7. The summed E-state index contributed by atoms with van der Waals surface area (Å²) in [5, 5.41) is 7.19. The van der Waals surface area contributed by atoms with Crippen molar-refractivity contribution in [2.75, 3.05) is 0 Å². The van der Waals surface area contributed by atoms with Gasteiger partial charge in [-0.15, -0.1) is 0 Å². The summed E-state index contributed by atoms with van der Waals surface area (Å²) in [6, 6.07) is 10.1. The third kappa shape index (κ3) is 2.78. The quantitative estimate of drug-likeness (QED) is 0.917. The lowest BCUT2D eigenvalue weighted by Crippen LogP contribution is -2.37. The van der Waals surface area contributed by atoms with Crippen molar-refractivity contribution in [1.82, 2.24) is 10.5 Å². The molecule has 2 aliphatic rings. The van der Waals surface area contributed by atoms with Crippen LogP contribution in [-0.2, 0) is 0 Å². The molecule has 1 N–H and O–H groups in total. The van der Waals surface area contributed by atoms with Crippen LogP contribution in [0, 0.1) is 18.8 Å². The van der Waals surface area contributed by atoms with Crippen molar-refractivity contribution < 1.29 is 9.32 Å². The van der Waals surface area contributed by atoms with Crippen LogP contribution in [-0.4, -0.2) is 17.1 Å². The lowest BCUT2D eigenvalue weighted by atomic mass is 10.1. The van der Waals surface area contributed by atoms with Crippen LogP contribution in [0.25, 0.3) is 11.3 Å². The highest BCUT2D eigenvalue weighted by atomic mass is 16.5. The van der Waals surface area contributed by atoms with Gasteiger partial charge < -0.3 is 9.84 Å². The Morgan fingerprint density at radius 2 is 1.82 bits per heavy atom. The molecule has 4 nitrogen and oxygen atoms in total. The first-order valence-corrected chi connectivity index (χ1v) is 8.05. The molecule has 0 bridgehead atoms. The number of nitrogens with zero attached hydrogens (tertiary/aromatic N) is 1. The van der Waals surface area contributed by atoms with E-state index < -0.39 is 0 Å². The summed E-state index contributed by atoms with van der Waals surface area (Å²) < 4.78 is 5.25. The zero-order valence-electron chi connectivity index (χ0n) is 12.7. The number of hydrogen-bond acceptors (Lipinski definition) is 3. The summed E-state index contributed by atoms with van der Waals surface area (Å²) in [6.07, 6.45) is 4.97. The Balaban J connectivity index is 1.48. The summed E-state index contributed by atoms with van der Waals surface area (Å²) in [5.74, 6) is 1.53. The van der Waals surface area contributed by atoms with Crippen LogP contribution in [0.15, 0.2) is 34.9 Å². The monoisotopic (exact) mass is 296 g/mol. The predicted octanol–water partition coefficient (Wildman–Crippen LogP) is 3.57. The van der Waals surface area contributed by atoms with Gasteiger partial charge in [-0.25, -0.2) is 0 Å². The van der Waals surface area contributed by atoms with Gasteiger partial charge in [0.05, 0.1) is 0 Å². The smallest absolute Gasteiger partial charge is 0.290 e. The Kier molecular flexibility index (Phi) is 3.25. The van der Waals surface area contributed by atoms with E-state index in [0.29, 0.717) is 29.3 Å². The molecule has 0 spiro atoms. The standard InChI is InChI=1S/C18H20N2O2/c1-11-2-4-12(5-3-11)15-10-16(22-20-15)18(21)19-17(13-6-7-13)14-8-9-14/h2-5,10,13-14,17H,6-9H2,1H3,(H,19,21). The van der Waals surface area contributed by atoms with Crippen molar-refractivity contribution in [1.29, 1.82) is 0 Å². The minimum Gasteiger partial charge on any atom is -0.350 e. The molecule has 0 radical (unpaired) electrons. The van der Waals surface area contributed by atoms with E-state index in [1.54, 1.807) is 6.07 Å². The average molecular weight is 296 g/mol. The van der Waals surface area contributed by atoms with Gasteiger partial charge in [0, 0.05) is 17.7 Å². The third-order valence-corrected chi connectivity index (χ3v) is 4.64. The van der Waals surface area contributed by atoms with Gasteiger partial charge in [-0.2, -0.15) is 0 Å². The molecule has 0 saturated heterocycles. The summed E-state index contributed by atoms with van der Waals surface area (Å²) in [6.45, 7) is 2.04. The van der Waals surface area contributed by atoms with E-state index in [9.17, 15) is 4.79 Å². The Hall–Kier alpha value is -2.10. The predicted molar refractivity (Wildman–Crippen MR) is 83.4 cm³/mol. The van der Waals surface area contributed by atoms with Crippen molar-refractivity contribution in [3.05, 3.63) is 41.7 Å². The van der Waals surface area contributed by atoms with Crippen molar-refractivity contribution >= 4 is 5.91 Å². The van der Waals surface area contributed by atoms with Crippen LogP contribution >= 0.6 is 0 Å². The van der Waals surface area contributed by atoms with Gasteiger partial charge in [-0.1, -0.05) is 35.0 Å². The molecule has 4 rings (SSSR count). The SMILES string of the molecule is Cc1ccc(-c2cc(C(=O)NC(C3CC3)C3CC3)on2)cc1. The van der Waals surface area contributed by atoms with Crippen LogP contribution in [0.4, 0.5) is 0 Å². The number of amides is 1. The molecule has 114 valence electrons. The second-order valence-electron chi connectivity index (χ2n) is 6.62. The fourth-order valence-corrected chi connectivity index (χ4v) is 3.00. The van der Waals surface area contributed by atoms with Gasteiger partial charge in [0.2, 0.25) is 5.76 Å². The van der Waals surface area contributed by atoms with E-state index in [-0.39, 0.29) is 5.91 Å². The molecule has 1 heterocycles. The Bertz CT molecular complexity index is 669. The number of aryl methyl sites for hydroxylation is 1. The fraction of sp³-hybridized carbons (Fsp3) is 0.444. The summed E-state index contributed by atoms with van der Waals surface area (Å²) in [5.41, 5.74) is 2.87. The lowest BCUT2D eigenvalue weighted by Gasteiger charge is -2.16. The molecular formula is C18H20N2O2. The minimum atomic E-state index is -0.130. The van der Waals surface area contributed by atoms with Gasteiger partial charge in [-0.3, -0.25) is 4.79 Å². The second-order valence-corrected chi connectivity index (χ2v) is 6.62. The number of carbonyl (C=O) groups is 1. The van der Waals surface area contributed by atoms with Gasteiger partial charge in [-0.05, 0) is 44.4 Å². The molecule has 1 amide bonds. The topological polar surface area (TPSA) is 55.1 Å². The number of hydrogen-bond donors (Lipinski definition) is 1. The first-order valence-electron chi connectivity index (χ1n) is 8.05. The molecule has 0 unspecified atom stereocenters. The number of benzene rings is 1. The number of nitrogens with one attached hydrogen (secondary N) is 1. The van der Waals surface area contributed by atoms with Gasteiger partial charge in [0.1, 0.15) is 5.69 Å². The number of rotatable bonds is 5. The normalized spacial score (nSPS) is 17.7. The Morgan fingerprint density at radius 3 is 2.41 bits per heavy atom. The summed E-state index contributed by atoms with van der Waals surface area (Å²) in [4.78, 5) is 12.4.